The van der Waals surface area contributed by atoms with E-state index >= 15 is 0 Å². The molecule has 1 aromatic carbocycles. The van der Waals surface area contributed by atoms with Crippen molar-refractivity contribution in [1.29, 1.82) is 0 Å². The van der Waals surface area contributed by atoms with Gasteiger partial charge in [-0.1, -0.05) is 26.7 Å². The molecule has 0 saturated carbocycles. The Morgan fingerprint density at radius 2 is 1.78 bits per heavy atom. The van der Waals surface area contributed by atoms with Gasteiger partial charge in [-0.3, -0.25) is 0 Å². The molecule has 18 heavy (non-hydrogen) atoms. The Morgan fingerprint density at radius 1 is 1.11 bits per heavy atom. The van der Waals surface area contributed by atoms with Crippen molar-refractivity contribution in [3.05, 3.63) is 26.6 Å². The van der Waals surface area contributed by atoms with Crippen LogP contribution in [0.1, 0.15) is 38.7 Å². The van der Waals surface area contributed by atoms with E-state index in [9.17, 15) is 0 Å². The SMILES string of the molecule is CCCCCOc1c(Br)cc(CNCC)cc1Br. The van der Waals surface area contributed by atoms with Gasteiger partial charge >= 0.3 is 0 Å². The quantitative estimate of drug-likeness (QED) is 0.650. The highest BCUT2D eigenvalue weighted by Crippen LogP contribution is 2.34. The number of ether oxygens (including phenoxy) is 1. The second-order valence-corrected chi connectivity index (χ2v) is 5.93. The van der Waals surface area contributed by atoms with Gasteiger partial charge in [0.2, 0.25) is 0 Å². The Labute approximate surface area is 127 Å². The lowest BCUT2D eigenvalue weighted by Crippen LogP contribution is -2.11. The van der Waals surface area contributed by atoms with Gasteiger partial charge in [0.15, 0.2) is 0 Å². The van der Waals surface area contributed by atoms with Crippen LogP contribution in [0.15, 0.2) is 21.1 Å². The van der Waals surface area contributed by atoms with Crippen LogP contribution in [0.25, 0.3) is 0 Å². The minimum absolute atomic E-state index is 0.775. The van der Waals surface area contributed by atoms with Crippen LogP contribution in [0.3, 0.4) is 0 Å². The van der Waals surface area contributed by atoms with Crippen molar-refractivity contribution >= 4 is 31.9 Å². The minimum Gasteiger partial charge on any atom is -0.491 e. The zero-order valence-electron chi connectivity index (χ0n) is 11.1. The summed E-state index contributed by atoms with van der Waals surface area (Å²) in [5, 5.41) is 3.32. The van der Waals surface area contributed by atoms with E-state index in [0.717, 1.165) is 40.8 Å². The van der Waals surface area contributed by atoms with Crippen LogP contribution in [-0.2, 0) is 6.54 Å². The van der Waals surface area contributed by atoms with Gasteiger partial charge in [0.25, 0.3) is 0 Å². The van der Waals surface area contributed by atoms with E-state index in [1.165, 1.54) is 18.4 Å². The van der Waals surface area contributed by atoms with Crippen LogP contribution in [0.2, 0.25) is 0 Å². The van der Waals surface area contributed by atoms with E-state index in [4.69, 9.17) is 4.74 Å². The molecule has 102 valence electrons. The number of rotatable bonds is 8. The van der Waals surface area contributed by atoms with Crippen LogP contribution in [0, 0.1) is 0 Å². The predicted molar refractivity (Wildman–Crippen MR) is 84.2 cm³/mol. The average Bonchev–Trinajstić information content (AvgIpc) is 2.34. The maximum atomic E-state index is 5.81. The standard InChI is InChI=1S/C14H21Br2NO/c1-3-5-6-7-18-14-12(15)8-11(9-13(14)16)10-17-4-2/h8-9,17H,3-7,10H2,1-2H3. The average molecular weight is 379 g/mol. The highest BCUT2D eigenvalue weighted by atomic mass is 79.9. The van der Waals surface area contributed by atoms with E-state index in [2.05, 4.69) is 63.2 Å². The van der Waals surface area contributed by atoms with E-state index < -0.39 is 0 Å². The number of unbranched alkanes of at least 4 members (excludes halogenated alkanes) is 2. The summed E-state index contributed by atoms with van der Waals surface area (Å²) in [6.45, 7) is 6.93. The third kappa shape index (κ3) is 5.29. The largest absolute Gasteiger partial charge is 0.491 e. The molecule has 0 aromatic heterocycles. The highest BCUT2D eigenvalue weighted by Gasteiger charge is 2.08. The van der Waals surface area contributed by atoms with Crippen molar-refractivity contribution in [2.45, 2.75) is 39.7 Å². The maximum absolute atomic E-state index is 5.81. The smallest absolute Gasteiger partial charge is 0.147 e. The molecule has 0 radical (unpaired) electrons. The van der Waals surface area contributed by atoms with Crippen LogP contribution < -0.4 is 10.1 Å². The summed E-state index contributed by atoms with van der Waals surface area (Å²) in [6, 6.07) is 4.23. The molecule has 4 heteroatoms. The second-order valence-electron chi connectivity index (χ2n) is 4.22. The van der Waals surface area contributed by atoms with E-state index in [0.29, 0.717) is 0 Å². The van der Waals surface area contributed by atoms with Gasteiger partial charge in [-0.2, -0.15) is 0 Å². The third-order valence-corrected chi connectivity index (χ3v) is 3.81. The molecule has 0 unspecified atom stereocenters. The summed E-state index contributed by atoms with van der Waals surface area (Å²) in [5.74, 6) is 0.909. The minimum atomic E-state index is 0.775. The summed E-state index contributed by atoms with van der Waals surface area (Å²) in [4.78, 5) is 0. The molecule has 0 bridgehead atoms. The monoisotopic (exact) mass is 377 g/mol. The molecule has 0 heterocycles. The van der Waals surface area contributed by atoms with Crippen molar-refractivity contribution in [3.63, 3.8) is 0 Å². The molecule has 0 fully saturated rings. The van der Waals surface area contributed by atoms with Gasteiger partial charge in [0.1, 0.15) is 5.75 Å². The van der Waals surface area contributed by atoms with Gasteiger partial charge in [-0.25, -0.2) is 0 Å². The lowest BCUT2D eigenvalue weighted by Gasteiger charge is -2.12. The van der Waals surface area contributed by atoms with Gasteiger partial charge in [-0.15, -0.1) is 0 Å². The first-order valence-electron chi connectivity index (χ1n) is 6.50. The number of benzene rings is 1. The van der Waals surface area contributed by atoms with E-state index in [-0.39, 0.29) is 0 Å². The zero-order valence-corrected chi connectivity index (χ0v) is 14.2. The molecule has 1 N–H and O–H groups in total. The summed E-state index contributed by atoms with van der Waals surface area (Å²) in [5.41, 5.74) is 1.25. The van der Waals surface area contributed by atoms with Crippen molar-refractivity contribution in [2.75, 3.05) is 13.2 Å². The van der Waals surface area contributed by atoms with Gasteiger partial charge < -0.3 is 10.1 Å². The highest BCUT2D eigenvalue weighted by molar-refractivity contribution is 9.11. The molecular weight excluding hydrogens is 358 g/mol. The molecule has 0 aliphatic carbocycles. The Kier molecular flexibility index (Phi) is 7.95. The summed E-state index contributed by atoms with van der Waals surface area (Å²) in [6.07, 6.45) is 3.54. The van der Waals surface area contributed by atoms with Crippen LogP contribution in [0.4, 0.5) is 0 Å². The van der Waals surface area contributed by atoms with Gasteiger partial charge in [-0.05, 0) is 62.5 Å². The van der Waals surface area contributed by atoms with Gasteiger partial charge in [0.05, 0.1) is 15.6 Å². The number of hydrogen-bond acceptors (Lipinski definition) is 2. The summed E-state index contributed by atoms with van der Waals surface area (Å²) >= 11 is 7.15. The third-order valence-electron chi connectivity index (χ3n) is 2.63. The Balaban J connectivity index is 2.62. The Morgan fingerprint density at radius 3 is 2.33 bits per heavy atom. The molecule has 0 amide bonds. The molecule has 1 rings (SSSR count). The normalized spacial score (nSPS) is 10.7. The fourth-order valence-electron chi connectivity index (χ4n) is 1.65. The molecule has 0 spiro atoms. The maximum Gasteiger partial charge on any atom is 0.147 e. The summed E-state index contributed by atoms with van der Waals surface area (Å²) in [7, 11) is 0. The number of hydrogen-bond donors (Lipinski definition) is 1. The Bertz CT molecular complexity index is 346. The van der Waals surface area contributed by atoms with Gasteiger partial charge in [0, 0.05) is 6.54 Å². The molecular formula is C14H21Br2NO. The molecule has 2 nitrogen and oxygen atoms in total. The topological polar surface area (TPSA) is 21.3 Å². The van der Waals surface area contributed by atoms with Crippen molar-refractivity contribution < 1.29 is 4.74 Å². The second kappa shape index (κ2) is 8.94. The lowest BCUT2D eigenvalue weighted by atomic mass is 10.2. The van der Waals surface area contributed by atoms with E-state index in [1.54, 1.807) is 0 Å². The first-order valence-corrected chi connectivity index (χ1v) is 8.09. The lowest BCUT2D eigenvalue weighted by molar-refractivity contribution is 0.302. The van der Waals surface area contributed by atoms with Crippen molar-refractivity contribution in [3.8, 4) is 5.75 Å². The van der Waals surface area contributed by atoms with Crippen molar-refractivity contribution in [2.24, 2.45) is 0 Å². The molecule has 1 aromatic rings. The number of halogens is 2. The molecule has 0 saturated heterocycles. The van der Waals surface area contributed by atoms with Crippen LogP contribution in [-0.4, -0.2) is 13.2 Å². The molecule has 0 atom stereocenters. The first kappa shape index (κ1) is 16.0. The van der Waals surface area contributed by atoms with Crippen LogP contribution >= 0.6 is 31.9 Å². The fourth-order valence-corrected chi connectivity index (χ4v) is 3.16. The molecule has 0 aliphatic heterocycles. The first-order chi connectivity index (χ1) is 8.69. The zero-order chi connectivity index (χ0) is 13.4. The van der Waals surface area contributed by atoms with E-state index in [1.807, 2.05) is 0 Å². The predicted octanol–water partition coefficient (Wildman–Crippen LogP) is 4.89. The fraction of sp³-hybridized carbons (Fsp3) is 0.571. The Hall–Kier alpha value is -0.0600. The van der Waals surface area contributed by atoms with Crippen molar-refractivity contribution in [1.82, 2.24) is 5.32 Å². The number of nitrogens with one attached hydrogen (secondary N) is 1. The molecule has 0 aliphatic rings. The summed E-state index contributed by atoms with van der Waals surface area (Å²) < 4.78 is 7.85. The van der Waals surface area contributed by atoms with Crippen LogP contribution in [0.5, 0.6) is 5.75 Å².